The van der Waals surface area contributed by atoms with Gasteiger partial charge in [-0.05, 0) is 55.4 Å². The molecule has 8 heteroatoms. The van der Waals surface area contributed by atoms with Crippen LogP contribution in [0.5, 0.6) is 0 Å². The van der Waals surface area contributed by atoms with Crippen LogP contribution in [-0.2, 0) is 32.4 Å². The minimum absolute atomic E-state index is 0.0412. The molecule has 2 N–H and O–H groups in total. The lowest BCUT2D eigenvalue weighted by atomic mass is 10.1. The average Bonchev–Trinajstić information content (AvgIpc) is 3.36. The second-order valence-electron chi connectivity index (χ2n) is 7.57. The molecule has 2 fully saturated rings. The van der Waals surface area contributed by atoms with Crippen LogP contribution in [0.25, 0.3) is 0 Å². The first-order chi connectivity index (χ1) is 13.0. The largest absolute Gasteiger partial charge is 0.364 e. The van der Waals surface area contributed by atoms with Crippen LogP contribution in [-0.4, -0.2) is 68.5 Å². The molecule has 0 saturated carbocycles. The standard InChI is InChI=1S/C19H27N3O4S/c20-13-16-5-7-18(26-16)19(23)21-8-10-22(11-9-21)27(24,25)17-6-4-14-2-1-3-15(14)12-17/h4,6,12,16,18H,1-3,5,7-11,13,20H2/t16-,18+/m1/s1. The molecule has 1 aromatic carbocycles. The number of hydrogen-bond donors (Lipinski definition) is 1. The molecule has 0 unspecified atom stereocenters. The fourth-order valence-corrected chi connectivity index (χ4v) is 5.74. The van der Waals surface area contributed by atoms with Gasteiger partial charge in [-0.2, -0.15) is 4.31 Å². The van der Waals surface area contributed by atoms with Gasteiger partial charge >= 0.3 is 0 Å². The van der Waals surface area contributed by atoms with Gasteiger partial charge in [-0.25, -0.2) is 8.42 Å². The number of sulfonamides is 1. The lowest BCUT2D eigenvalue weighted by Crippen LogP contribution is -2.52. The van der Waals surface area contributed by atoms with Gasteiger partial charge in [0.1, 0.15) is 6.10 Å². The van der Waals surface area contributed by atoms with Gasteiger partial charge in [0.2, 0.25) is 10.0 Å². The fourth-order valence-electron chi connectivity index (χ4n) is 4.27. The van der Waals surface area contributed by atoms with E-state index in [1.54, 1.807) is 11.0 Å². The van der Waals surface area contributed by atoms with Crippen LogP contribution in [0.15, 0.2) is 23.1 Å². The molecule has 0 radical (unpaired) electrons. The smallest absolute Gasteiger partial charge is 0.251 e. The van der Waals surface area contributed by atoms with E-state index >= 15 is 0 Å². The number of ether oxygens (including phenoxy) is 1. The van der Waals surface area contributed by atoms with Gasteiger partial charge < -0.3 is 15.4 Å². The SMILES string of the molecule is NC[C@H]1CC[C@@H](C(=O)N2CCN(S(=O)(=O)c3ccc4c(c3)CCC4)CC2)O1. The molecule has 1 aromatic rings. The first-order valence-electron chi connectivity index (χ1n) is 9.75. The van der Waals surface area contributed by atoms with Crippen LogP contribution in [0, 0.1) is 0 Å². The fraction of sp³-hybridized carbons (Fsp3) is 0.632. The average molecular weight is 394 g/mol. The van der Waals surface area contributed by atoms with Crippen molar-refractivity contribution in [2.24, 2.45) is 5.73 Å². The lowest BCUT2D eigenvalue weighted by Gasteiger charge is -2.35. The Morgan fingerprint density at radius 3 is 2.56 bits per heavy atom. The summed E-state index contributed by atoms with van der Waals surface area (Å²) in [5.74, 6) is -0.0412. The summed E-state index contributed by atoms with van der Waals surface area (Å²) < 4.78 is 33.1. The highest BCUT2D eigenvalue weighted by molar-refractivity contribution is 7.89. The maximum atomic E-state index is 13.0. The van der Waals surface area contributed by atoms with E-state index in [4.69, 9.17) is 10.5 Å². The van der Waals surface area contributed by atoms with Crippen molar-refractivity contribution in [1.82, 2.24) is 9.21 Å². The second kappa shape index (κ2) is 7.50. The van der Waals surface area contributed by atoms with E-state index in [9.17, 15) is 13.2 Å². The minimum Gasteiger partial charge on any atom is -0.364 e. The third-order valence-electron chi connectivity index (χ3n) is 5.90. The van der Waals surface area contributed by atoms with Gasteiger partial charge in [0.15, 0.2) is 0 Å². The highest BCUT2D eigenvalue weighted by atomic mass is 32.2. The zero-order chi connectivity index (χ0) is 19.0. The molecule has 2 heterocycles. The van der Waals surface area contributed by atoms with E-state index in [1.165, 1.54) is 9.87 Å². The Labute approximate surface area is 160 Å². The molecule has 148 valence electrons. The zero-order valence-electron chi connectivity index (χ0n) is 15.5. The summed E-state index contributed by atoms with van der Waals surface area (Å²) in [5, 5.41) is 0. The first-order valence-corrected chi connectivity index (χ1v) is 11.2. The number of rotatable bonds is 4. The van der Waals surface area contributed by atoms with E-state index < -0.39 is 16.1 Å². The third kappa shape index (κ3) is 3.63. The summed E-state index contributed by atoms with van der Waals surface area (Å²) in [5.41, 5.74) is 8.02. The topological polar surface area (TPSA) is 92.9 Å². The van der Waals surface area contributed by atoms with Crippen molar-refractivity contribution in [3.05, 3.63) is 29.3 Å². The third-order valence-corrected chi connectivity index (χ3v) is 7.80. The Hall–Kier alpha value is -1.48. The van der Waals surface area contributed by atoms with Crippen LogP contribution in [0.2, 0.25) is 0 Å². The van der Waals surface area contributed by atoms with Gasteiger partial charge in [-0.1, -0.05) is 6.07 Å². The molecular weight excluding hydrogens is 366 g/mol. The van der Waals surface area contributed by atoms with Crippen LogP contribution in [0.3, 0.4) is 0 Å². The summed E-state index contributed by atoms with van der Waals surface area (Å²) in [6.45, 7) is 1.86. The maximum Gasteiger partial charge on any atom is 0.251 e. The number of hydrogen-bond acceptors (Lipinski definition) is 5. The van der Waals surface area contributed by atoms with Gasteiger partial charge in [-0.3, -0.25) is 4.79 Å². The Morgan fingerprint density at radius 1 is 1.11 bits per heavy atom. The van der Waals surface area contributed by atoms with Crippen LogP contribution >= 0.6 is 0 Å². The normalized spacial score (nSPS) is 26.3. The van der Waals surface area contributed by atoms with E-state index in [0.29, 0.717) is 44.0 Å². The van der Waals surface area contributed by atoms with Gasteiger partial charge in [-0.15, -0.1) is 0 Å². The molecule has 2 atom stereocenters. The van der Waals surface area contributed by atoms with Crippen molar-refractivity contribution in [2.45, 2.75) is 49.2 Å². The Balaban J connectivity index is 1.39. The van der Waals surface area contributed by atoms with Crippen molar-refractivity contribution in [2.75, 3.05) is 32.7 Å². The molecule has 2 aliphatic heterocycles. The monoisotopic (exact) mass is 393 g/mol. The van der Waals surface area contributed by atoms with Crippen molar-refractivity contribution in [3.63, 3.8) is 0 Å². The van der Waals surface area contributed by atoms with Crippen molar-refractivity contribution in [1.29, 1.82) is 0 Å². The van der Waals surface area contributed by atoms with Crippen molar-refractivity contribution >= 4 is 15.9 Å². The Kier molecular flexibility index (Phi) is 5.24. The van der Waals surface area contributed by atoms with Crippen LogP contribution < -0.4 is 5.73 Å². The lowest BCUT2D eigenvalue weighted by molar-refractivity contribution is -0.143. The molecular formula is C19H27N3O4S. The first kappa shape index (κ1) is 18.9. The number of carbonyl (C=O) groups is 1. The number of fused-ring (bicyclic) bond motifs is 1. The molecule has 7 nitrogen and oxygen atoms in total. The summed E-state index contributed by atoms with van der Waals surface area (Å²) in [7, 11) is -3.52. The van der Waals surface area contributed by atoms with Gasteiger partial charge in [0, 0.05) is 32.7 Å². The molecule has 2 saturated heterocycles. The molecule has 3 aliphatic rings. The molecule has 0 bridgehead atoms. The predicted octanol–water partition coefficient (Wildman–Crippen LogP) is 0.515. The van der Waals surface area contributed by atoms with Gasteiger partial charge in [0.25, 0.3) is 5.91 Å². The minimum atomic E-state index is -3.52. The molecule has 0 aromatic heterocycles. The van der Waals surface area contributed by atoms with Gasteiger partial charge in [0.05, 0.1) is 11.0 Å². The molecule has 1 aliphatic carbocycles. The van der Waals surface area contributed by atoms with Crippen LogP contribution in [0.1, 0.15) is 30.4 Å². The number of nitrogens with zero attached hydrogens (tertiary/aromatic N) is 2. The number of nitrogens with two attached hydrogens (primary N) is 1. The quantitative estimate of drug-likeness (QED) is 0.805. The van der Waals surface area contributed by atoms with E-state index in [2.05, 4.69) is 0 Å². The summed E-state index contributed by atoms with van der Waals surface area (Å²) >= 11 is 0. The number of carbonyl (C=O) groups excluding carboxylic acids is 1. The number of amides is 1. The zero-order valence-corrected chi connectivity index (χ0v) is 16.3. The second-order valence-corrected chi connectivity index (χ2v) is 9.51. The van der Waals surface area contributed by atoms with E-state index in [0.717, 1.165) is 31.2 Å². The number of aryl methyl sites for hydroxylation is 2. The Bertz CT molecular complexity index is 818. The maximum absolute atomic E-state index is 13.0. The predicted molar refractivity (Wildman–Crippen MR) is 101 cm³/mol. The highest BCUT2D eigenvalue weighted by Crippen LogP contribution is 2.27. The summed E-state index contributed by atoms with van der Waals surface area (Å²) in [6, 6.07) is 5.49. The summed E-state index contributed by atoms with van der Waals surface area (Å²) in [4.78, 5) is 14.7. The molecule has 4 rings (SSSR count). The Morgan fingerprint density at radius 2 is 1.85 bits per heavy atom. The molecule has 1 amide bonds. The van der Waals surface area contributed by atoms with Crippen molar-refractivity contribution in [3.8, 4) is 0 Å². The highest BCUT2D eigenvalue weighted by Gasteiger charge is 2.36. The van der Waals surface area contributed by atoms with Crippen molar-refractivity contribution < 1.29 is 17.9 Å². The van der Waals surface area contributed by atoms with E-state index in [-0.39, 0.29) is 12.0 Å². The van der Waals surface area contributed by atoms with Crippen LogP contribution in [0.4, 0.5) is 0 Å². The molecule has 0 spiro atoms. The number of benzene rings is 1. The molecule has 27 heavy (non-hydrogen) atoms. The number of piperazine rings is 1. The van der Waals surface area contributed by atoms with E-state index in [1.807, 2.05) is 12.1 Å². The summed E-state index contributed by atoms with van der Waals surface area (Å²) in [6.07, 6.45) is 4.09.